The first-order valence-electron chi connectivity index (χ1n) is 5.49. The lowest BCUT2D eigenvalue weighted by Crippen LogP contribution is -2.27. The summed E-state index contributed by atoms with van der Waals surface area (Å²) in [6.07, 6.45) is 1.20. The molecule has 0 heterocycles. The highest BCUT2D eigenvalue weighted by Gasteiger charge is 1.93. The fourth-order valence-corrected chi connectivity index (χ4v) is 1.80. The van der Waals surface area contributed by atoms with E-state index < -0.39 is 0 Å². The van der Waals surface area contributed by atoms with Crippen molar-refractivity contribution in [2.75, 3.05) is 19.6 Å². The van der Waals surface area contributed by atoms with Crippen LogP contribution < -0.4 is 10.6 Å². The van der Waals surface area contributed by atoms with Gasteiger partial charge in [-0.25, -0.2) is 0 Å². The van der Waals surface area contributed by atoms with Crippen LogP contribution in [0.2, 0.25) is 0 Å². The van der Waals surface area contributed by atoms with Gasteiger partial charge < -0.3 is 10.6 Å². The summed E-state index contributed by atoms with van der Waals surface area (Å²) in [5, 5.41) is 6.77. The number of hydrogen-bond donors (Lipinski definition) is 2. The molecule has 0 radical (unpaired) electrons. The molecular formula is C12H19BrN2. The van der Waals surface area contributed by atoms with E-state index in [-0.39, 0.29) is 0 Å². The zero-order valence-corrected chi connectivity index (χ0v) is 10.8. The summed E-state index contributed by atoms with van der Waals surface area (Å²) < 4.78 is 1.14. The Kier molecular flexibility index (Phi) is 6.64. The second-order valence-corrected chi connectivity index (χ2v) is 4.47. The zero-order chi connectivity index (χ0) is 10.9. The highest BCUT2D eigenvalue weighted by atomic mass is 79.9. The van der Waals surface area contributed by atoms with E-state index in [4.69, 9.17) is 0 Å². The van der Waals surface area contributed by atoms with Crippen LogP contribution in [0.25, 0.3) is 0 Å². The molecule has 1 aromatic rings. The maximum absolute atomic E-state index is 3.47. The van der Waals surface area contributed by atoms with Crippen molar-refractivity contribution in [1.82, 2.24) is 10.6 Å². The summed E-state index contributed by atoms with van der Waals surface area (Å²) >= 11 is 3.47. The monoisotopic (exact) mass is 270 g/mol. The highest BCUT2D eigenvalue weighted by Crippen LogP contribution is 2.10. The Morgan fingerprint density at radius 2 is 1.93 bits per heavy atom. The molecule has 0 aromatic heterocycles. The van der Waals surface area contributed by atoms with Gasteiger partial charge in [-0.2, -0.15) is 0 Å². The maximum Gasteiger partial charge on any atom is 0.0206 e. The fourth-order valence-electron chi connectivity index (χ4n) is 1.36. The van der Waals surface area contributed by atoms with Crippen molar-refractivity contribution in [2.24, 2.45) is 0 Å². The Morgan fingerprint density at radius 1 is 1.13 bits per heavy atom. The smallest absolute Gasteiger partial charge is 0.0206 e. The molecule has 0 saturated heterocycles. The van der Waals surface area contributed by atoms with Crippen molar-refractivity contribution in [3.8, 4) is 0 Å². The van der Waals surface area contributed by atoms with Gasteiger partial charge in [-0.05, 0) is 30.7 Å². The fraction of sp³-hybridized carbons (Fsp3) is 0.500. The van der Waals surface area contributed by atoms with Crippen molar-refractivity contribution < 1.29 is 0 Å². The minimum Gasteiger partial charge on any atom is -0.315 e. The van der Waals surface area contributed by atoms with Crippen molar-refractivity contribution in [3.05, 3.63) is 34.3 Å². The summed E-state index contributed by atoms with van der Waals surface area (Å²) in [7, 11) is 0. The van der Waals surface area contributed by atoms with Crippen molar-refractivity contribution in [3.63, 3.8) is 0 Å². The standard InChI is InChI=1S/C12H19BrN2/c1-2-6-14-7-8-15-10-11-4-3-5-12(13)9-11/h3-5,9,14-15H,2,6-8,10H2,1H3. The third kappa shape index (κ3) is 5.92. The normalized spacial score (nSPS) is 10.5. The average Bonchev–Trinajstić information content (AvgIpc) is 2.23. The van der Waals surface area contributed by atoms with Crippen LogP contribution in [0.5, 0.6) is 0 Å². The van der Waals surface area contributed by atoms with E-state index >= 15 is 0 Å². The molecule has 1 rings (SSSR count). The Hall–Kier alpha value is -0.380. The Labute approximate surface area is 101 Å². The van der Waals surface area contributed by atoms with Gasteiger partial charge >= 0.3 is 0 Å². The molecule has 0 amide bonds. The van der Waals surface area contributed by atoms with Crippen LogP contribution in [-0.2, 0) is 6.54 Å². The van der Waals surface area contributed by atoms with Gasteiger partial charge in [-0.3, -0.25) is 0 Å². The molecule has 0 fully saturated rings. The third-order valence-corrected chi connectivity index (χ3v) is 2.62. The van der Waals surface area contributed by atoms with E-state index in [0.717, 1.165) is 30.7 Å². The lowest BCUT2D eigenvalue weighted by molar-refractivity contribution is 0.606. The second-order valence-electron chi connectivity index (χ2n) is 3.56. The maximum atomic E-state index is 3.47. The number of nitrogens with one attached hydrogen (secondary N) is 2. The summed E-state index contributed by atoms with van der Waals surface area (Å²) in [4.78, 5) is 0. The van der Waals surface area contributed by atoms with Crippen molar-refractivity contribution in [1.29, 1.82) is 0 Å². The first kappa shape index (κ1) is 12.7. The summed E-state index contributed by atoms with van der Waals surface area (Å²) in [6, 6.07) is 8.40. The number of hydrogen-bond acceptors (Lipinski definition) is 2. The lowest BCUT2D eigenvalue weighted by Gasteiger charge is -2.06. The van der Waals surface area contributed by atoms with Gasteiger partial charge in [0.05, 0.1) is 0 Å². The molecule has 0 aliphatic carbocycles. The SMILES string of the molecule is CCCNCCNCc1cccc(Br)c1. The Balaban J connectivity index is 2.10. The molecule has 1 aromatic carbocycles. The zero-order valence-electron chi connectivity index (χ0n) is 9.22. The van der Waals surface area contributed by atoms with Crippen LogP contribution in [-0.4, -0.2) is 19.6 Å². The molecule has 0 aliphatic heterocycles. The second kappa shape index (κ2) is 7.85. The van der Waals surface area contributed by atoms with E-state index in [1.54, 1.807) is 0 Å². The first-order valence-corrected chi connectivity index (χ1v) is 6.28. The average molecular weight is 271 g/mol. The quantitative estimate of drug-likeness (QED) is 0.745. The number of rotatable bonds is 7. The van der Waals surface area contributed by atoms with Gasteiger partial charge in [-0.15, -0.1) is 0 Å². The Bertz CT molecular complexity index is 276. The largest absolute Gasteiger partial charge is 0.315 e. The molecule has 0 aliphatic rings. The number of halogens is 1. The molecular weight excluding hydrogens is 252 g/mol. The van der Waals surface area contributed by atoms with Gasteiger partial charge in [0.2, 0.25) is 0 Å². The summed E-state index contributed by atoms with van der Waals surface area (Å²) in [5.74, 6) is 0. The van der Waals surface area contributed by atoms with Crippen molar-refractivity contribution in [2.45, 2.75) is 19.9 Å². The van der Waals surface area contributed by atoms with Crippen LogP contribution in [0.1, 0.15) is 18.9 Å². The topological polar surface area (TPSA) is 24.1 Å². The van der Waals surface area contributed by atoms with Crippen LogP contribution in [0.4, 0.5) is 0 Å². The molecule has 0 spiro atoms. The summed E-state index contributed by atoms with van der Waals surface area (Å²) in [5.41, 5.74) is 1.32. The molecule has 0 bridgehead atoms. The number of benzene rings is 1. The van der Waals surface area contributed by atoms with Crippen LogP contribution in [0.3, 0.4) is 0 Å². The van der Waals surface area contributed by atoms with Crippen LogP contribution in [0.15, 0.2) is 28.7 Å². The van der Waals surface area contributed by atoms with E-state index in [9.17, 15) is 0 Å². The molecule has 3 heteroatoms. The van der Waals surface area contributed by atoms with Gasteiger partial charge in [0.1, 0.15) is 0 Å². The summed E-state index contributed by atoms with van der Waals surface area (Å²) in [6.45, 7) is 6.29. The van der Waals surface area contributed by atoms with E-state index in [1.807, 2.05) is 6.07 Å². The third-order valence-electron chi connectivity index (χ3n) is 2.12. The van der Waals surface area contributed by atoms with Crippen LogP contribution in [0, 0.1) is 0 Å². The first-order chi connectivity index (χ1) is 7.33. The van der Waals surface area contributed by atoms with Crippen molar-refractivity contribution >= 4 is 15.9 Å². The minimum absolute atomic E-state index is 0.938. The minimum atomic E-state index is 0.938. The highest BCUT2D eigenvalue weighted by molar-refractivity contribution is 9.10. The van der Waals surface area contributed by atoms with E-state index in [2.05, 4.69) is 51.7 Å². The molecule has 0 atom stereocenters. The lowest BCUT2D eigenvalue weighted by atomic mass is 10.2. The molecule has 0 saturated carbocycles. The van der Waals surface area contributed by atoms with Gasteiger partial charge in [-0.1, -0.05) is 35.0 Å². The predicted octanol–water partition coefficient (Wildman–Crippen LogP) is 2.54. The van der Waals surface area contributed by atoms with Gasteiger partial charge in [0.15, 0.2) is 0 Å². The molecule has 15 heavy (non-hydrogen) atoms. The predicted molar refractivity (Wildman–Crippen MR) is 69.0 cm³/mol. The van der Waals surface area contributed by atoms with Crippen LogP contribution >= 0.6 is 15.9 Å². The van der Waals surface area contributed by atoms with Gasteiger partial charge in [0, 0.05) is 24.1 Å². The van der Waals surface area contributed by atoms with E-state index in [0.29, 0.717) is 0 Å². The molecule has 84 valence electrons. The molecule has 2 N–H and O–H groups in total. The van der Waals surface area contributed by atoms with E-state index in [1.165, 1.54) is 12.0 Å². The molecule has 2 nitrogen and oxygen atoms in total. The Morgan fingerprint density at radius 3 is 2.67 bits per heavy atom. The molecule has 0 unspecified atom stereocenters. The van der Waals surface area contributed by atoms with Gasteiger partial charge in [0.25, 0.3) is 0 Å².